The fraction of sp³-hybridized carbons (Fsp3) is 0.654. The molecule has 7 nitrogen and oxygen atoms in total. The van der Waals surface area contributed by atoms with E-state index in [0.29, 0.717) is 24.3 Å². The zero-order valence-electron chi connectivity index (χ0n) is 21.2. The normalized spacial score (nSPS) is 29.3. The van der Waals surface area contributed by atoms with Gasteiger partial charge in [0.25, 0.3) is 0 Å². The molecule has 0 unspecified atom stereocenters. The smallest absolute Gasteiger partial charge is 0.445 e. The van der Waals surface area contributed by atoms with Gasteiger partial charge in [0.1, 0.15) is 12.4 Å². The largest absolute Gasteiger partial charge is 0.534 e. The molecule has 2 aliphatic heterocycles. The molecule has 0 radical (unpaired) electrons. The zero-order valence-corrected chi connectivity index (χ0v) is 22.0. The van der Waals surface area contributed by atoms with Gasteiger partial charge >= 0.3 is 21.7 Å². The predicted octanol–water partition coefficient (Wildman–Crippen LogP) is 5.29. The summed E-state index contributed by atoms with van der Waals surface area (Å²) in [6.45, 7) is 3.32. The van der Waals surface area contributed by atoms with E-state index in [1.165, 1.54) is 11.0 Å². The van der Waals surface area contributed by atoms with Crippen molar-refractivity contribution in [2.75, 3.05) is 20.1 Å². The minimum atomic E-state index is -5.78. The van der Waals surface area contributed by atoms with Gasteiger partial charge in [-0.1, -0.05) is 37.3 Å². The number of piperidine rings is 1. The molecular formula is C26H35F3N2O5S. The summed E-state index contributed by atoms with van der Waals surface area (Å²) >= 11 is 0. The Labute approximate surface area is 216 Å². The van der Waals surface area contributed by atoms with Crippen LogP contribution < -0.4 is 0 Å². The Hall–Kier alpha value is -2.27. The van der Waals surface area contributed by atoms with Gasteiger partial charge in [0.15, 0.2) is 0 Å². The van der Waals surface area contributed by atoms with Crippen LogP contribution in [0.5, 0.6) is 0 Å². The molecule has 1 aromatic carbocycles. The number of amides is 1. The summed E-state index contributed by atoms with van der Waals surface area (Å²) in [5, 5.41) is 0. The summed E-state index contributed by atoms with van der Waals surface area (Å²) in [7, 11) is -3.65. The van der Waals surface area contributed by atoms with Crippen LogP contribution in [-0.2, 0) is 25.6 Å². The zero-order chi connectivity index (χ0) is 26.8. The fourth-order valence-electron chi connectivity index (χ4n) is 6.21. The Bertz CT molecular complexity index is 1080. The fourth-order valence-corrected chi connectivity index (χ4v) is 6.73. The van der Waals surface area contributed by atoms with Crippen molar-refractivity contribution in [1.82, 2.24) is 9.80 Å². The Balaban J connectivity index is 1.55. The van der Waals surface area contributed by atoms with Crippen LogP contribution in [0, 0.1) is 17.8 Å². The number of nitrogens with zero attached hydrogens (tertiary/aromatic N) is 2. The van der Waals surface area contributed by atoms with Gasteiger partial charge in [0.05, 0.1) is 6.04 Å². The second-order valence-corrected chi connectivity index (χ2v) is 12.1. The number of rotatable bonds is 6. The van der Waals surface area contributed by atoms with Crippen LogP contribution in [0.1, 0.15) is 51.0 Å². The van der Waals surface area contributed by atoms with Crippen LogP contribution in [0.3, 0.4) is 0 Å². The molecule has 11 heteroatoms. The van der Waals surface area contributed by atoms with Gasteiger partial charge in [-0.2, -0.15) is 21.6 Å². The number of likely N-dealkylation sites (tertiary alicyclic amines) is 1. The van der Waals surface area contributed by atoms with Crippen molar-refractivity contribution >= 4 is 16.2 Å². The molecule has 3 aliphatic rings. The Morgan fingerprint density at radius 3 is 2.57 bits per heavy atom. The van der Waals surface area contributed by atoms with Crippen molar-refractivity contribution in [3.63, 3.8) is 0 Å². The summed E-state index contributed by atoms with van der Waals surface area (Å²) in [6.07, 6.45) is 5.33. The van der Waals surface area contributed by atoms with E-state index in [-0.39, 0.29) is 31.2 Å². The maximum Gasteiger partial charge on any atom is 0.534 e. The lowest BCUT2D eigenvalue weighted by Gasteiger charge is -2.49. The molecule has 0 aromatic heterocycles. The molecule has 2 heterocycles. The molecule has 4 rings (SSSR count). The highest BCUT2D eigenvalue weighted by Gasteiger charge is 2.49. The Kier molecular flexibility index (Phi) is 8.42. The average Bonchev–Trinajstić information content (AvgIpc) is 2.83. The second kappa shape index (κ2) is 11.2. The van der Waals surface area contributed by atoms with Gasteiger partial charge in [0, 0.05) is 19.0 Å². The highest BCUT2D eigenvalue weighted by atomic mass is 32.2. The van der Waals surface area contributed by atoms with Crippen LogP contribution in [0.2, 0.25) is 0 Å². The van der Waals surface area contributed by atoms with E-state index in [2.05, 4.69) is 23.1 Å². The summed E-state index contributed by atoms with van der Waals surface area (Å²) in [5.41, 5.74) is -4.71. The third kappa shape index (κ3) is 6.60. The number of alkyl halides is 3. The molecule has 0 bridgehead atoms. The molecule has 1 amide bonds. The first-order valence-corrected chi connectivity index (χ1v) is 14.2. The number of ether oxygens (including phenoxy) is 1. The van der Waals surface area contributed by atoms with Gasteiger partial charge in [-0.25, -0.2) is 4.79 Å². The first-order chi connectivity index (χ1) is 17.4. The molecule has 1 aromatic rings. The predicted molar refractivity (Wildman–Crippen MR) is 132 cm³/mol. The molecule has 0 N–H and O–H groups in total. The van der Waals surface area contributed by atoms with E-state index < -0.39 is 27.8 Å². The highest BCUT2D eigenvalue weighted by Crippen LogP contribution is 2.44. The molecule has 2 fully saturated rings. The van der Waals surface area contributed by atoms with E-state index in [1.807, 2.05) is 30.3 Å². The number of fused-ring (bicyclic) bond motifs is 1. The van der Waals surface area contributed by atoms with Crippen LogP contribution >= 0.6 is 0 Å². The summed E-state index contributed by atoms with van der Waals surface area (Å²) in [6, 6.07) is 8.99. The maximum absolute atomic E-state index is 13.1. The average molecular weight is 545 g/mol. The van der Waals surface area contributed by atoms with E-state index in [9.17, 15) is 26.4 Å². The van der Waals surface area contributed by atoms with Crippen molar-refractivity contribution in [3.05, 3.63) is 47.7 Å². The Morgan fingerprint density at radius 2 is 1.86 bits per heavy atom. The van der Waals surface area contributed by atoms with Gasteiger partial charge in [-0.3, -0.25) is 0 Å². The molecule has 206 valence electrons. The number of benzene rings is 1. The van der Waals surface area contributed by atoms with Crippen LogP contribution in [0.4, 0.5) is 18.0 Å². The summed E-state index contributed by atoms with van der Waals surface area (Å²) < 4.78 is 72.2. The van der Waals surface area contributed by atoms with Crippen LogP contribution in [-0.4, -0.2) is 62.0 Å². The third-order valence-electron chi connectivity index (χ3n) is 7.92. The third-order valence-corrected chi connectivity index (χ3v) is 8.93. The molecule has 0 spiro atoms. The van der Waals surface area contributed by atoms with Crippen LogP contribution in [0.15, 0.2) is 42.2 Å². The highest BCUT2D eigenvalue weighted by molar-refractivity contribution is 7.87. The second-order valence-electron chi connectivity index (χ2n) is 10.6. The van der Waals surface area contributed by atoms with Gasteiger partial charge < -0.3 is 18.7 Å². The van der Waals surface area contributed by atoms with E-state index in [1.54, 1.807) is 0 Å². The van der Waals surface area contributed by atoms with Crippen molar-refractivity contribution < 1.29 is 35.3 Å². The molecule has 1 aliphatic carbocycles. The topological polar surface area (TPSA) is 76.2 Å². The quantitative estimate of drug-likeness (QED) is 0.358. The van der Waals surface area contributed by atoms with E-state index in [0.717, 1.165) is 37.8 Å². The minimum absolute atomic E-state index is 0.00771. The first kappa shape index (κ1) is 27.8. The summed E-state index contributed by atoms with van der Waals surface area (Å²) in [4.78, 5) is 17.0. The van der Waals surface area contributed by atoms with E-state index >= 15 is 0 Å². The number of carbonyl (C=O) groups is 1. The van der Waals surface area contributed by atoms with Crippen LogP contribution in [0.25, 0.3) is 0 Å². The standard InChI is InChI=1S/C26H35F3N2O5S/c1-18-13-20(23-9-6-11-30(2)24(23)14-18)15-21-16-22(36-37(33,34)26(27,28)29)10-12-31(21)25(32)35-17-19-7-4-3-5-8-19/h3-5,7-8,16,18,20-21,23-24H,6,9-15,17H2,1-2H3/t18-,20+,21-,23-,24-/m1/s1. The first-order valence-electron chi connectivity index (χ1n) is 12.8. The molecule has 1 saturated carbocycles. The van der Waals surface area contributed by atoms with Crippen molar-refractivity contribution in [2.24, 2.45) is 17.8 Å². The SMILES string of the molecule is C[C@@H]1C[C@@H](C[C@@H]2C=C(OS(=O)(=O)C(F)(F)F)CCN2C(=O)OCc2ccccc2)[C@H]2CCCN(C)[C@@H]2C1. The number of halogens is 3. The monoisotopic (exact) mass is 544 g/mol. The van der Waals surface area contributed by atoms with Gasteiger partial charge in [-0.15, -0.1) is 0 Å². The lowest BCUT2D eigenvalue weighted by atomic mass is 9.66. The maximum atomic E-state index is 13.1. The molecular weight excluding hydrogens is 509 g/mol. The number of carbonyl (C=O) groups excluding carboxylic acids is 1. The number of hydrogen-bond acceptors (Lipinski definition) is 6. The molecule has 37 heavy (non-hydrogen) atoms. The van der Waals surface area contributed by atoms with E-state index in [4.69, 9.17) is 4.74 Å². The van der Waals surface area contributed by atoms with Gasteiger partial charge in [0.2, 0.25) is 0 Å². The number of hydrogen-bond donors (Lipinski definition) is 0. The lowest BCUT2D eigenvalue weighted by Crippen LogP contribution is -2.51. The summed E-state index contributed by atoms with van der Waals surface area (Å²) in [5.74, 6) is 0.839. The molecule has 5 atom stereocenters. The van der Waals surface area contributed by atoms with Gasteiger partial charge in [-0.05, 0) is 75.1 Å². The van der Waals surface area contributed by atoms with Crippen molar-refractivity contribution in [1.29, 1.82) is 0 Å². The minimum Gasteiger partial charge on any atom is -0.445 e. The van der Waals surface area contributed by atoms with Crippen molar-refractivity contribution in [2.45, 2.75) is 69.6 Å². The van der Waals surface area contributed by atoms with Crippen molar-refractivity contribution in [3.8, 4) is 0 Å². The lowest BCUT2D eigenvalue weighted by molar-refractivity contribution is -0.0526. The molecule has 1 saturated heterocycles. The Morgan fingerprint density at radius 1 is 1.14 bits per heavy atom.